The molecule has 6 heteroatoms. The fraction of sp³-hybridized carbons (Fsp3) is 0.429. The third-order valence-electron chi connectivity index (χ3n) is 4.55. The van der Waals surface area contributed by atoms with E-state index in [9.17, 15) is 8.42 Å². The van der Waals surface area contributed by atoms with Gasteiger partial charge in [-0.25, -0.2) is 8.42 Å². The molecule has 0 amide bonds. The molecule has 1 fully saturated rings. The standard InChI is InChI=1S/C21H28N2O3S/c1-17(2)26-20-7-5-6-19(14-20)16-22-15-18-8-10-21(11-9-18)27(24,25)23-12-3-4-13-23/h5-11,14,17,22H,3-4,12-13,15-16H2,1-2H3. The maximum Gasteiger partial charge on any atom is 0.243 e. The Labute approximate surface area is 162 Å². The summed E-state index contributed by atoms with van der Waals surface area (Å²) < 4.78 is 32.4. The molecule has 146 valence electrons. The minimum atomic E-state index is -3.33. The van der Waals surface area contributed by atoms with Gasteiger partial charge in [0.05, 0.1) is 11.0 Å². The lowest BCUT2D eigenvalue weighted by molar-refractivity contribution is 0.242. The molecule has 0 unspecified atom stereocenters. The lowest BCUT2D eigenvalue weighted by Crippen LogP contribution is -2.27. The smallest absolute Gasteiger partial charge is 0.243 e. The Morgan fingerprint density at radius 2 is 1.67 bits per heavy atom. The first-order chi connectivity index (χ1) is 12.9. The minimum absolute atomic E-state index is 0.156. The molecule has 0 bridgehead atoms. The third-order valence-corrected chi connectivity index (χ3v) is 6.47. The monoisotopic (exact) mass is 388 g/mol. The molecule has 1 saturated heterocycles. The van der Waals surface area contributed by atoms with Crippen LogP contribution in [0.25, 0.3) is 0 Å². The Morgan fingerprint density at radius 1 is 1.00 bits per heavy atom. The summed E-state index contributed by atoms with van der Waals surface area (Å²) in [5.41, 5.74) is 2.21. The lowest BCUT2D eigenvalue weighted by Gasteiger charge is -2.15. The number of hydrogen-bond acceptors (Lipinski definition) is 4. The number of benzene rings is 2. The van der Waals surface area contributed by atoms with Gasteiger partial charge in [-0.1, -0.05) is 24.3 Å². The topological polar surface area (TPSA) is 58.6 Å². The fourth-order valence-electron chi connectivity index (χ4n) is 3.21. The molecule has 1 aliphatic heterocycles. The summed E-state index contributed by atoms with van der Waals surface area (Å²) in [7, 11) is -3.33. The SMILES string of the molecule is CC(C)Oc1cccc(CNCc2ccc(S(=O)(=O)N3CCCC3)cc2)c1. The second-order valence-electron chi connectivity index (χ2n) is 7.17. The molecule has 1 heterocycles. The van der Waals surface area contributed by atoms with Crippen LogP contribution in [-0.4, -0.2) is 31.9 Å². The zero-order valence-corrected chi connectivity index (χ0v) is 16.8. The van der Waals surface area contributed by atoms with E-state index in [1.807, 2.05) is 44.2 Å². The number of rotatable bonds is 8. The van der Waals surface area contributed by atoms with Crippen molar-refractivity contribution in [2.24, 2.45) is 0 Å². The Bertz CT molecular complexity index is 842. The van der Waals surface area contributed by atoms with Gasteiger partial charge < -0.3 is 10.1 Å². The summed E-state index contributed by atoms with van der Waals surface area (Å²) in [4.78, 5) is 0.381. The van der Waals surface area contributed by atoms with Crippen molar-refractivity contribution in [1.82, 2.24) is 9.62 Å². The number of nitrogens with one attached hydrogen (secondary N) is 1. The van der Waals surface area contributed by atoms with Crippen LogP contribution in [0.2, 0.25) is 0 Å². The van der Waals surface area contributed by atoms with E-state index < -0.39 is 10.0 Å². The van der Waals surface area contributed by atoms with Gasteiger partial charge in [-0.2, -0.15) is 4.31 Å². The molecule has 0 aliphatic carbocycles. The van der Waals surface area contributed by atoms with Crippen molar-refractivity contribution in [2.75, 3.05) is 13.1 Å². The zero-order valence-electron chi connectivity index (χ0n) is 16.0. The van der Waals surface area contributed by atoms with Crippen molar-refractivity contribution in [2.45, 2.75) is 50.8 Å². The number of nitrogens with zero attached hydrogens (tertiary/aromatic N) is 1. The molecular weight excluding hydrogens is 360 g/mol. The average molecular weight is 389 g/mol. The normalized spacial score (nSPS) is 15.4. The highest BCUT2D eigenvalue weighted by molar-refractivity contribution is 7.89. The van der Waals surface area contributed by atoms with Crippen molar-refractivity contribution in [3.05, 3.63) is 59.7 Å². The van der Waals surface area contributed by atoms with Crippen LogP contribution in [0.15, 0.2) is 53.4 Å². The highest BCUT2D eigenvalue weighted by atomic mass is 32.2. The summed E-state index contributed by atoms with van der Waals surface area (Å²) in [6.45, 7) is 6.69. The Morgan fingerprint density at radius 3 is 2.33 bits per heavy atom. The van der Waals surface area contributed by atoms with Crippen LogP contribution in [0.1, 0.15) is 37.8 Å². The second-order valence-corrected chi connectivity index (χ2v) is 9.11. The first-order valence-electron chi connectivity index (χ1n) is 9.50. The molecule has 27 heavy (non-hydrogen) atoms. The first-order valence-corrected chi connectivity index (χ1v) is 10.9. The molecule has 0 aromatic heterocycles. The second kappa shape index (κ2) is 8.87. The molecule has 3 rings (SSSR count). The van der Waals surface area contributed by atoms with Crippen molar-refractivity contribution in [3.63, 3.8) is 0 Å². The van der Waals surface area contributed by atoms with E-state index in [4.69, 9.17) is 4.74 Å². The summed E-state index contributed by atoms with van der Waals surface area (Å²) >= 11 is 0. The van der Waals surface area contributed by atoms with Crippen molar-refractivity contribution < 1.29 is 13.2 Å². The van der Waals surface area contributed by atoms with Crippen LogP contribution < -0.4 is 10.1 Å². The average Bonchev–Trinajstić information content (AvgIpc) is 3.17. The van der Waals surface area contributed by atoms with Gasteiger partial charge in [-0.3, -0.25) is 0 Å². The first kappa shape index (κ1) is 19.9. The molecule has 0 atom stereocenters. The third kappa shape index (κ3) is 5.31. The predicted octanol–water partition coefficient (Wildman–Crippen LogP) is 3.55. The Balaban J connectivity index is 1.55. The minimum Gasteiger partial charge on any atom is -0.491 e. The van der Waals surface area contributed by atoms with Gasteiger partial charge in [0.15, 0.2) is 0 Å². The molecule has 2 aromatic rings. The van der Waals surface area contributed by atoms with Gasteiger partial charge in [0.2, 0.25) is 10.0 Å². The highest BCUT2D eigenvalue weighted by Crippen LogP contribution is 2.21. The number of hydrogen-bond donors (Lipinski definition) is 1. The lowest BCUT2D eigenvalue weighted by atomic mass is 10.2. The summed E-state index contributed by atoms with van der Waals surface area (Å²) in [5, 5.41) is 3.40. The summed E-state index contributed by atoms with van der Waals surface area (Å²) in [6, 6.07) is 15.2. The van der Waals surface area contributed by atoms with E-state index >= 15 is 0 Å². The van der Waals surface area contributed by atoms with Crippen molar-refractivity contribution in [1.29, 1.82) is 0 Å². The van der Waals surface area contributed by atoms with E-state index in [-0.39, 0.29) is 6.10 Å². The molecular formula is C21H28N2O3S. The van der Waals surface area contributed by atoms with Crippen LogP contribution in [0.4, 0.5) is 0 Å². The highest BCUT2D eigenvalue weighted by Gasteiger charge is 2.26. The number of ether oxygens (including phenoxy) is 1. The van der Waals surface area contributed by atoms with Crippen molar-refractivity contribution >= 4 is 10.0 Å². The van der Waals surface area contributed by atoms with Gasteiger partial charge in [-0.05, 0) is 62.1 Å². The van der Waals surface area contributed by atoms with Crippen LogP contribution in [-0.2, 0) is 23.1 Å². The maximum atomic E-state index is 12.6. The fourth-order valence-corrected chi connectivity index (χ4v) is 4.73. The molecule has 0 saturated carbocycles. The van der Waals surface area contributed by atoms with Gasteiger partial charge in [0.25, 0.3) is 0 Å². The van der Waals surface area contributed by atoms with Gasteiger partial charge in [0, 0.05) is 26.2 Å². The van der Waals surface area contributed by atoms with Crippen molar-refractivity contribution in [3.8, 4) is 5.75 Å². The maximum absolute atomic E-state index is 12.6. The predicted molar refractivity (Wildman–Crippen MR) is 107 cm³/mol. The Kier molecular flexibility index (Phi) is 6.52. The summed E-state index contributed by atoms with van der Waals surface area (Å²) in [6.07, 6.45) is 2.05. The van der Waals surface area contributed by atoms with Crippen LogP contribution in [0.3, 0.4) is 0 Å². The molecule has 1 aliphatic rings. The quantitative estimate of drug-likeness (QED) is 0.751. The van der Waals surface area contributed by atoms with E-state index in [2.05, 4.69) is 11.4 Å². The van der Waals surface area contributed by atoms with Gasteiger partial charge in [0.1, 0.15) is 5.75 Å². The molecule has 1 N–H and O–H groups in total. The Hall–Kier alpha value is -1.89. The van der Waals surface area contributed by atoms with Gasteiger partial charge in [-0.15, -0.1) is 0 Å². The molecule has 0 radical (unpaired) electrons. The van der Waals surface area contributed by atoms with E-state index in [1.165, 1.54) is 0 Å². The van der Waals surface area contributed by atoms with E-state index in [0.29, 0.717) is 24.5 Å². The molecule has 2 aromatic carbocycles. The van der Waals surface area contributed by atoms with Crippen LogP contribution in [0.5, 0.6) is 5.75 Å². The van der Waals surface area contributed by atoms with Crippen LogP contribution >= 0.6 is 0 Å². The van der Waals surface area contributed by atoms with E-state index in [0.717, 1.165) is 36.3 Å². The van der Waals surface area contributed by atoms with Crippen LogP contribution in [0, 0.1) is 0 Å². The largest absolute Gasteiger partial charge is 0.491 e. The van der Waals surface area contributed by atoms with Gasteiger partial charge >= 0.3 is 0 Å². The number of sulfonamides is 1. The molecule has 5 nitrogen and oxygen atoms in total. The summed E-state index contributed by atoms with van der Waals surface area (Å²) in [5.74, 6) is 0.876. The molecule has 0 spiro atoms. The zero-order chi connectivity index (χ0) is 19.3. The van der Waals surface area contributed by atoms with E-state index in [1.54, 1.807) is 16.4 Å².